The van der Waals surface area contributed by atoms with Crippen molar-refractivity contribution >= 4 is 5.91 Å². The van der Waals surface area contributed by atoms with E-state index in [1.807, 2.05) is 4.90 Å². The molecule has 1 aliphatic carbocycles. The molecule has 1 amide bonds. The number of hydrogen-bond donors (Lipinski definition) is 0. The quantitative estimate of drug-likeness (QED) is 0.783. The van der Waals surface area contributed by atoms with Crippen molar-refractivity contribution in [2.45, 2.75) is 44.6 Å². The molecule has 132 valence electrons. The van der Waals surface area contributed by atoms with Gasteiger partial charge >= 0.3 is 0 Å². The van der Waals surface area contributed by atoms with Gasteiger partial charge in [0.15, 0.2) is 0 Å². The number of nitrogens with zero attached hydrogens (tertiary/aromatic N) is 4. The maximum absolute atomic E-state index is 12.9. The third-order valence-electron chi connectivity index (χ3n) is 5.59. The standard InChI is InChI=1S/C17H26N4O3/c1-23-10-9-21-7-2-5-17(16(21)22)6-8-20(12-17)11-14-18-19-15(24-14)13-3-4-13/h13H,2-12H2,1H3/t17-/m1/s1. The monoisotopic (exact) mass is 334 g/mol. The third-order valence-corrected chi connectivity index (χ3v) is 5.59. The number of carbonyl (C=O) groups excluding carboxylic acids is 1. The van der Waals surface area contributed by atoms with Crippen LogP contribution in [0.4, 0.5) is 0 Å². The SMILES string of the molecule is COCCN1CCC[C@]2(CCN(Cc3nnc(C4CC4)o3)C2)C1=O. The topological polar surface area (TPSA) is 71.7 Å². The minimum absolute atomic E-state index is 0.217. The van der Waals surface area contributed by atoms with Gasteiger partial charge in [0.1, 0.15) is 0 Å². The zero-order valence-electron chi connectivity index (χ0n) is 14.4. The Bertz CT molecular complexity index is 600. The highest BCUT2D eigenvalue weighted by molar-refractivity contribution is 5.84. The Balaban J connectivity index is 1.38. The van der Waals surface area contributed by atoms with Crippen LogP contribution >= 0.6 is 0 Å². The summed E-state index contributed by atoms with van der Waals surface area (Å²) in [6.45, 7) is 4.55. The molecule has 0 aromatic carbocycles. The highest BCUT2D eigenvalue weighted by Gasteiger charge is 2.48. The first-order valence-electron chi connectivity index (χ1n) is 9.03. The molecule has 7 heteroatoms. The maximum Gasteiger partial charge on any atom is 0.230 e. The van der Waals surface area contributed by atoms with Gasteiger partial charge in [-0.15, -0.1) is 10.2 Å². The van der Waals surface area contributed by atoms with Crippen LogP contribution in [0.2, 0.25) is 0 Å². The Morgan fingerprint density at radius 3 is 2.96 bits per heavy atom. The summed E-state index contributed by atoms with van der Waals surface area (Å²) in [6.07, 6.45) is 5.33. The number of ether oxygens (including phenoxy) is 1. The van der Waals surface area contributed by atoms with Crippen LogP contribution in [-0.4, -0.2) is 65.8 Å². The lowest BCUT2D eigenvalue weighted by Gasteiger charge is -2.39. The molecule has 0 radical (unpaired) electrons. The van der Waals surface area contributed by atoms with Gasteiger partial charge in [-0.25, -0.2) is 0 Å². The van der Waals surface area contributed by atoms with Gasteiger partial charge in [-0.1, -0.05) is 0 Å². The second-order valence-corrected chi connectivity index (χ2v) is 7.44. The molecule has 1 saturated carbocycles. The van der Waals surface area contributed by atoms with Crippen LogP contribution in [-0.2, 0) is 16.1 Å². The molecular formula is C17H26N4O3. The zero-order chi connectivity index (χ0) is 16.6. The molecule has 3 heterocycles. The third kappa shape index (κ3) is 3.07. The van der Waals surface area contributed by atoms with Gasteiger partial charge in [0.05, 0.1) is 18.6 Å². The molecule has 4 rings (SSSR count). The lowest BCUT2D eigenvalue weighted by atomic mass is 9.78. The van der Waals surface area contributed by atoms with Gasteiger partial charge in [0, 0.05) is 32.7 Å². The maximum atomic E-state index is 12.9. The Kier molecular flexibility index (Phi) is 4.30. The summed E-state index contributed by atoms with van der Waals surface area (Å²) in [6, 6.07) is 0. The average Bonchev–Trinajstić information content (AvgIpc) is 3.21. The van der Waals surface area contributed by atoms with Gasteiger partial charge < -0.3 is 14.1 Å². The lowest BCUT2D eigenvalue weighted by molar-refractivity contribution is -0.146. The van der Waals surface area contributed by atoms with Crippen LogP contribution in [0.5, 0.6) is 0 Å². The molecule has 3 aliphatic rings. The molecule has 2 saturated heterocycles. The first-order valence-corrected chi connectivity index (χ1v) is 9.03. The molecule has 3 fully saturated rings. The van der Waals surface area contributed by atoms with E-state index in [2.05, 4.69) is 15.1 Å². The summed E-state index contributed by atoms with van der Waals surface area (Å²) in [5, 5.41) is 8.33. The molecule has 1 aromatic heterocycles. The predicted molar refractivity (Wildman–Crippen MR) is 86.3 cm³/mol. The van der Waals surface area contributed by atoms with E-state index in [-0.39, 0.29) is 5.41 Å². The van der Waals surface area contributed by atoms with Crippen molar-refractivity contribution in [3.8, 4) is 0 Å². The molecular weight excluding hydrogens is 308 g/mol. The number of hydrogen-bond acceptors (Lipinski definition) is 6. The van der Waals surface area contributed by atoms with Gasteiger partial charge in [-0.2, -0.15) is 0 Å². The number of methoxy groups -OCH3 is 1. The highest BCUT2D eigenvalue weighted by atomic mass is 16.5. The number of rotatable bonds is 6. The first-order chi connectivity index (χ1) is 11.7. The minimum atomic E-state index is -0.217. The van der Waals surface area contributed by atoms with Crippen LogP contribution in [0, 0.1) is 5.41 Å². The van der Waals surface area contributed by atoms with Crippen LogP contribution in [0.25, 0.3) is 0 Å². The number of amides is 1. The van der Waals surface area contributed by atoms with E-state index < -0.39 is 0 Å². The van der Waals surface area contributed by atoms with Crippen molar-refractivity contribution in [3.05, 3.63) is 11.8 Å². The average molecular weight is 334 g/mol. The molecule has 0 bridgehead atoms. The number of likely N-dealkylation sites (tertiary alicyclic amines) is 2. The summed E-state index contributed by atoms with van der Waals surface area (Å²) < 4.78 is 10.9. The fourth-order valence-electron chi connectivity index (χ4n) is 4.06. The van der Waals surface area contributed by atoms with E-state index in [0.29, 0.717) is 37.4 Å². The van der Waals surface area contributed by atoms with E-state index in [9.17, 15) is 4.79 Å². The Morgan fingerprint density at radius 2 is 2.17 bits per heavy atom. The first kappa shape index (κ1) is 16.0. The van der Waals surface area contributed by atoms with E-state index >= 15 is 0 Å². The smallest absolute Gasteiger partial charge is 0.230 e. The van der Waals surface area contributed by atoms with Crippen molar-refractivity contribution in [1.29, 1.82) is 0 Å². The van der Waals surface area contributed by atoms with Crippen molar-refractivity contribution in [2.75, 3.05) is 39.9 Å². The van der Waals surface area contributed by atoms with E-state index in [0.717, 1.165) is 44.8 Å². The van der Waals surface area contributed by atoms with Crippen molar-refractivity contribution in [3.63, 3.8) is 0 Å². The van der Waals surface area contributed by atoms with Crippen LogP contribution in [0.15, 0.2) is 4.42 Å². The van der Waals surface area contributed by atoms with E-state index in [1.165, 1.54) is 12.8 Å². The summed E-state index contributed by atoms with van der Waals surface area (Å²) in [4.78, 5) is 17.2. The molecule has 1 aromatic rings. The van der Waals surface area contributed by atoms with Crippen molar-refractivity contribution < 1.29 is 13.9 Å². The van der Waals surface area contributed by atoms with Gasteiger partial charge in [-0.3, -0.25) is 9.69 Å². The number of piperidine rings is 1. The second kappa shape index (κ2) is 6.44. The fraction of sp³-hybridized carbons (Fsp3) is 0.824. The molecule has 0 unspecified atom stereocenters. The number of carbonyl (C=O) groups is 1. The Labute approximate surface area is 142 Å². The van der Waals surface area contributed by atoms with Crippen molar-refractivity contribution in [2.24, 2.45) is 5.41 Å². The molecule has 1 atom stereocenters. The van der Waals surface area contributed by atoms with Crippen LogP contribution in [0.3, 0.4) is 0 Å². The molecule has 1 spiro atoms. The highest BCUT2D eigenvalue weighted by Crippen LogP contribution is 2.41. The van der Waals surface area contributed by atoms with Crippen molar-refractivity contribution in [1.82, 2.24) is 20.0 Å². The van der Waals surface area contributed by atoms with Gasteiger partial charge in [0.2, 0.25) is 17.7 Å². The Morgan fingerprint density at radius 1 is 1.29 bits per heavy atom. The van der Waals surface area contributed by atoms with Crippen LogP contribution in [0.1, 0.15) is 49.8 Å². The second-order valence-electron chi connectivity index (χ2n) is 7.44. The lowest BCUT2D eigenvalue weighted by Crippen LogP contribution is -2.50. The van der Waals surface area contributed by atoms with E-state index in [1.54, 1.807) is 7.11 Å². The molecule has 24 heavy (non-hydrogen) atoms. The zero-order valence-corrected chi connectivity index (χ0v) is 14.4. The normalized spacial score (nSPS) is 28.2. The summed E-state index contributed by atoms with van der Waals surface area (Å²) in [5.74, 6) is 2.27. The molecule has 2 aliphatic heterocycles. The van der Waals surface area contributed by atoms with Crippen LogP contribution < -0.4 is 0 Å². The summed E-state index contributed by atoms with van der Waals surface area (Å²) in [7, 11) is 1.68. The number of aromatic nitrogens is 2. The minimum Gasteiger partial charge on any atom is -0.424 e. The summed E-state index contributed by atoms with van der Waals surface area (Å²) in [5.41, 5.74) is -0.217. The molecule has 0 N–H and O–H groups in total. The molecule has 7 nitrogen and oxygen atoms in total. The van der Waals surface area contributed by atoms with Gasteiger partial charge in [0.25, 0.3) is 0 Å². The van der Waals surface area contributed by atoms with E-state index in [4.69, 9.17) is 9.15 Å². The Hall–Kier alpha value is -1.47. The predicted octanol–water partition coefficient (Wildman–Crippen LogP) is 1.41. The fourth-order valence-corrected chi connectivity index (χ4v) is 4.06. The largest absolute Gasteiger partial charge is 0.424 e. The summed E-state index contributed by atoms with van der Waals surface area (Å²) >= 11 is 0. The van der Waals surface area contributed by atoms with Gasteiger partial charge in [-0.05, 0) is 38.6 Å².